The molecule has 0 aromatic heterocycles. The predicted octanol–water partition coefficient (Wildman–Crippen LogP) is 1.83. The topological polar surface area (TPSA) is 86.7 Å². The maximum atomic E-state index is 10.6. The van der Waals surface area contributed by atoms with E-state index in [0.29, 0.717) is 0 Å². The first-order chi connectivity index (χ1) is 9.04. The number of hydrogen-bond donors (Lipinski definition) is 0. The smallest absolute Gasteiger partial charge is 0.313 e. The average Bonchev–Trinajstić information content (AvgIpc) is 2.11. The second-order valence-corrected chi connectivity index (χ2v) is 4.83. The molecule has 6 nitrogen and oxygen atoms in total. The zero-order valence-corrected chi connectivity index (χ0v) is 13.0. The molecule has 6 heteroatoms. The summed E-state index contributed by atoms with van der Waals surface area (Å²) in [5, 5.41) is 0. The standard InChI is InChI=1S/2C7H12O3/c2*1-5(2)10-7(9)4-6(3)8/h2*5H,4H2,1-3H3. The van der Waals surface area contributed by atoms with Crippen molar-refractivity contribution >= 4 is 23.5 Å². The third-order valence-corrected chi connectivity index (χ3v) is 1.52. The van der Waals surface area contributed by atoms with Crippen molar-refractivity contribution in [1.82, 2.24) is 0 Å². The van der Waals surface area contributed by atoms with E-state index < -0.39 is 11.9 Å². The highest BCUT2D eigenvalue weighted by molar-refractivity contribution is 5.94. The number of Topliss-reactive ketones (excluding diaryl/α,β-unsaturated/α-hetero) is 2. The summed E-state index contributed by atoms with van der Waals surface area (Å²) in [5.41, 5.74) is 0. The Hall–Kier alpha value is -1.72. The van der Waals surface area contributed by atoms with Gasteiger partial charge >= 0.3 is 11.9 Å². The lowest BCUT2D eigenvalue weighted by atomic mass is 10.3. The maximum absolute atomic E-state index is 10.6. The number of carbonyl (C=O) groups excluding carboxylic acids is 4. The summed E-state index contributed by atoms with van der Waals surface area (Å²) >= 11 is 0. The molecule has 0 aliphatic rings. The van der Waals surface area contributed by atoms with E-state index in [1.165, 1.54) is 13.8 Å². The van der Waals surface area contributed by atoms with E-state index in [1.54, 1.807) is 27.7 Å². The van der Waals surface area contributed by atoms with Crippen molar-refractivity contribution < 1.29 is 28.7 Å². The van der Waals surface area contributed by atoms with Gasteiger partial charge < -0.3 is 9.47 Å². The van der Waals surface area contributed by atoms with Gasteiger partial charge in [0.15, 0.2) is 0 Å². The number of carbonyl (C=O) groups is 4. The molecule has 0 aromatic rings. The highest BCUT2D eigenvalue weighted by Crippen LogP contribution is 1.93. The van der Waals surface area contributed by atoms with Gasteiger partial charge in [-0.1, -0.05) is 0 Å². The van der Waals surface area contributed by atoms with Gasteiger partial charge in [0, 0.05) is 0 Å². The largest absolute Gasteiger partial charge is 0.463 e. The molecule has 0 saturated heterocycles. The van der Waals surface area contributed by atoms with E-state index in [4.69, 9.17) is 9.47 Å². The Labute approximate surface area is 119 Å². The van der Waals surface area contributed by atoms with Crippen molar-refractivity contribution in [1.29, 1.82) is 0 Å². The van der Waals surface area contributed by atoms with E-state index in [9.17, 15) is 19.2 Å². The Morgan fingerprint density at radius 1 is 0.700 bits per heavy atom. The molecule has 0 aliphatic carbocycles. The third kappa shape index (κ3) is 18.6. The fourth-order valence-electron chi connectivity index (χ4n) is 1.02. The van der Waals surface area contributed by atoms with Crippen LogP contribution in [0.1, 0.15) is 54.4 Å². The molecular weight excluding hydrogens is 264 g/mol. The Morgan fingerprint density at radius 3 is 1.10 bits per heavy atom. The van der Waals surface area contributed by atoms with Crippen LogP contribution >= 0.6 is 0 Å². The molecule has 116 valence electrons. The van der Waals surface area contributed by atoms with Gasteiger partial charge in [0.05, 0.1) is 12.2 Å². The number of hydrogen-bond acceptors (Lipinski definition) is 6. The second kappa shape index (κ2) is 11.1. The van der Waals surface area contributed by atoms with E-state index in [-0.39, 0.29) is 36.6 Å². The van der Waals surface area contributed by atoms with Crippen molar-refractivity contribution in [2.75, 3.05) is 0 Å². The minimum Gasteiger partial charge on any atom is -0.463 e. The summed E-state index contributed by atoms with van der Waals surface area (Å²) in [6.45, 7) is 9.72. The lowest BCUT2D eigenvalue weighted by Gasteiger charge is -2.05. The average molecular weight is 288 g/mol. The molecular formula is C14H24O6. The Morgan fingerprint density at radius 2 is 0.950 bits per heavy atom. The van der Waals surface area contributed by atoms with Crippen molar-refractivity contribution in [2.45, 2.75) is 66.6 Å². The Kier molecular flexibility index (Phi) is 11.5. The molecule has 0 radical (unpaired) electrons. The third-order valence-electron chi connectivity index (χ3n) is 1.52. The van der Waals surface area contributed by atoms with Crippen LogP contribution in [0.25, 0.3) is 0 Å². The van der Waals surface area contributed by atoms with Gasteiger partial charge in [-0.25, -0.2) is 0 Å². The highest BCUT2D eigenvalue weighted by atomic mass is 16.5. The van der Waals surface area contributed by atoms with Crippen LogP contribution in [0.2, 0.25) is 0 Å². The molecule has 20 heavy (non-hydrogen) atoms. The number of ketones is 2. The van der Waals surface area contributed by atoms with E-state index >= 15 is 0 Å². The van der Waals surface area contributed by atoms with E-state index in [2.05, 4.69) is 0 Å². The van der Waals surface area contributed by atoms with Crippen LogP contribution in [0, 0.1) is 0 Å². The first kappa shape index (κ1) is 20.6. The lowest BCUT2D eigenvalue weighted by Crippen LogP contribution is -2.13. The zero-order valence-electron chi connectivity index (χ0n) is 13.0. The van der Waals surface area contributed by atoms with Crippen LogP contribution in [0.15, 0.2) is 0 Å². The van der Waals surface area contributed by atoms with Gasteiger partial charge in [-0.15, -0.1) is 0 Å². The molecule has 0 saturated carbocycles. The minimum atomic E-state index is -0.442. The first-order valence-corrected chi connectivity index (χ1v) is 6.42. The lowest BCUT2D eigenvalue weighted by molar-refractivity contribution is -0.150. The van der Waals surface area contributed by atoms with Gasteiger partial charge in [-0.05, 0) is 41.5 Å². The second-order valence-electron chi connectivity index (χ2n) is 4.83. The van der Waals surface area contributed by atoms with E-state index in [0.717, 1.165) is 0 Å². The van der Waals surface area contributed by atoms with E-state index in [1.807, 2.05) is 0 Å². The van der Waals surface area contributed by atoms with Gasteiger partial charge in [-0.3, -0.25) is 19.2 Å². The van der Waals surface area contributed by atoms with Gasteiger partial charge in [-0.2, -0.15) is 0 Å². The summed E-state index contributed by atoms with van der Waals surface area (Å²) in [5.74, 6) is -1.21. The summed E-state index contributed by atoms with van der Waals surface area (Å²) in [6.07, 6.45) is -0.491. The minimum absolute atomic E-state index is 0.113. The molecule has 0 unspecified atom stereocenters. The van der Waals surface area contributed by atoms with Crippen molar-refractivity contribution in [3.05, 3.63) is 0 Å². The molecule has 0 aliphatic heterocycles. The van der Waals surface area contributed by atoms with Crippen molar-refractivity contribution in [2.24, 2.45) is 0 Å². The zero-order chi connectivity index (χ0) is 16.3. The molecule has 0 heterocycles. The van der Waals surface area contributed by atoms with Crippen LogP contribution in [-0.4, -0.2) is 35.7 Å². The summed E-state index contributed by atoms with van der Waals surface area (Å²) in [7, 11) is 0. The summed E-state index contributed by atoms with van der Waals surface area (Å²) < 4.78 is 9.40. The highest BCUT2D eigenvalue weighted by Gasteiger charge is 2.07. The predicted molar refractivity (Wildman–Crippen MR) is 73.1 cm³/mol. The molecule has 0 amide bonds. The molecule has 0 atom stereocenters. The fourth-order valence-corrected chi connectivity index (χ4v) is 1.02. The molecule has 0 bridgehead atoms. The van der Waals surface area contributed by atoms with Crippen LogP contribution in [0.5, 0.6) is 0 Å². The molecule has 0 aromatic carbocycles. The number of rotatable bonds is 6. The normalized spacial score (nSPS) is 9.60. The van der Waals surface area contributed by atoms with Gasteiger partial charge in [0.1, 0.15) is 24.4 Å². The van der Waals surface area contributed by atoms with Crippen LogP contribution in [-0.2, 0) is 28.7 Å². The molecule has 0 N–H and O–H groups in total. The van der Waals surface area contributed by atoms with Gasteiger partial charge in [0.2, 0.25) is 0 Å². The SMILES string of the molecule is CC(=O)CC(=O)OC(C)C.CC(=O)CC(=O)OC(C)C. The maximum Gasteiger partial charge on any atom is 0.313 e. The van der Waals surface area contributed by atoms with Crippen LogP contribution in [0.3, 0.4) is 0 Å². The number of ether oxygens (including phenoxy) is 2. The monoisotopic (exact) mass is 288 g/mol. The summed E-state index contributed by atoms with van der Waals surface area (Å²) in [4.78, 5) is 41.9. The summed E-state index contributed by atoms with van der Waals surface area (Å²) in [6, 6.07) is 0. The molecule has 0 spiro atoms. The van der Waals surface area contributed by atoms with Crippen LogP contribution < -0.4 is 0 Å². The Bertz CT molecular complexity index is 310. The molecule has 0 rings (SSSR count). The van der Waals surface area contributed by atoms with Crippen molar-refractivity contribution in [3.8, 4) is 0 Å². The van der Waals surface area contributed by atoms with Crippen LogP contribution in [0.4, 0.5) is 0 Å². The Balaban J connectivity index is 0. The first-order valence-electron chi connectivity index (χ1n) is 6.42. The molecule has 0 fully saturated rings. The fraction of sp³-hybridized carbons (Fsp3) is 0.714. The van der Waals surface area contributed by atoms with Gasteiger partial charge in [0.25, 0.3) is 0 Å². The number of esters is 2. The van der Waals surface area contributed by atoms with Crippen molar-refractivity contribution in [3.63, 3.8) is 0 Å². The quantitative estimate of drug-likeness (QED) is 0.547.